The summed E-state index contributed by atoms with van der Waals surface area (Å²) in [5.74, 6) is 0.902. The van der Waals surface area contributed by atoms with Gasteiger partial charge in [-0.05, 0) is 17.5 Å². The Labute approximate surface area is 68.2 Å². The monoisotopic (exact) mass is 190 g/mol. The molecule has 11 heavy (non-hydrogen) atoms. The summed E-state index contributed by atoms with van der Waals surface area (Å²) < 4.78 is 10.3. The minimum absolute atomic E-state index is 0.841. The molecule has 5 heteroatoms. The van der Waals surface area contributed by atoms with E-state index in [-0.39, 0.29) is 0 Å². The zero-order chi connectivity index (χ0) is 8.32. The number of thiophene rings is 1. The van der Waals surface area contributed by atoms with Crippen LogP contribution in [0.25, 0.3) is 6.08 Å². The maximum atomic E-state index is 10.3. The van der Waals surface area contributed by atoms with Crippen molar-refractivity contribution in [2.75, 3.05) is 0 Å². The molecule has 0 spiro atoms. The van der Waals surface area contributed by atoms with Gasteiger partial charge in [-0.15, -0.1) is 11.3 Å². The van der Waals surface area contributed by atoms with Crippen molar-refractivity contribution in [3.05, 3.63) is 28.2 Å². The molecular formula is C6H7O3PS. The quantitative estimate of drug-likeness (QED) is 0.700. The van der Waals surface area contributed by atoms with Gasteiger partial charge in [-0.1, -0.05) is 6.07 Å². The third kappa shape index (κ3) is 3.49. The Morgan fingerprint density at radius 1 is 1.55 bits per heavy atom. The molecule has 1 rings (SSSR count). The van der Waals surface area contributed by atoms with Crippen molar-refractivity contribution in [2.45, 2.75) is 0 Å². The molecule has 0 aliphatic rings. The van der Waals surface area contributed by atoms with Crippen LogP contribution in [0.2, 0.25) is 0 Å². The molecule has 0 aliphatic heterocycles. The van der Waals surface area contributed by atoms with Gasteiger partial charge >= 0.3 is 7.60 Å². The van der Waals surface area contributed by atoms with E-state index < -0.39 is 7.60 Å². The van der Waals surface area contributed by atoms with Gasteiger partial charge < -0.3 is 9.79 Å². The molecule has 1 aromatic rings. The van der Waals surface area contributed by atoms with Crippen LogP contribution >= 0.6 is 18.9 Å². The summed E-state index contributed by atoms with van der Waals surface area (Å²) in [7, 11) is -3.98. The van der Waals surface area contributed by atoms with E-state index in [0.717, 1.165) is 10.7 Å². The average Bonchev–Trinajstić information content (AvgIpc) is 2.32. The van der Waals surface area contributed by atoms with Crippen molar-refractivity contribution in [2.24, 2.45) is 0 Å². The van der Waals surface area contributed by atoms with Crippen LogP contribution in [-0.4, -0.2) is 9.79 Å². The van der Waals surface area contributed by atoms with Gasteiger partial charge in [-0.2, -0.15) is 0 Å². The van der Waals surface area contributed by atoms with Crippen molar-refractivity contribution in [3.8, 4) is 0 Å². The fraction of sp³-hybridized carbons (Fsp3) is 0. The lowest BCUT2D eigenvalue weighted by Gasteiger charge is -1.91. The van der Waals surface area contributed by atoms with E-state index in [1.165, 1.54) is 17.4 Å². The fourth-order valence-electron chi connectivity index (χ4n) is 0.557. The summed E-state index contributed by atoms with van der Waals surface area (Å²) >= 11 is 1.43. The summed E-state index contributed by atoms with van der Waals surface area (Å²) in [5.41, 5.74) is 0. The number of hydrogen-bond acceptors (Lipinski definition) is 2. The Hall–Kier alpha value is -0.410. The van der Waals surface area contributed by atoms with Crippen LogP contribution < -0.4 is 0 Å². The number of hydrogen-bond donors (Lipinski definition) is 2. The molecule has 0 aromatic carbocycles. The molecule has 3 nitrogen and oxygen atoms in total. The second kappa shape index (κ2) is 3.32. The topological polar surface area (TPSA) is 57.5 Å². The Kier molecular flexibility index (Phi) is 2.62. The third-order valence-corrected chi connectivity index (χ3v) is 2.35. The molecule has 0 aliphatic carbocycles. The van der Waals surface area contributed by atoms with Crippen LogP contribution in [0.15, 0.2) is 23.3 Å². The molecule has 0 atom stereocenters. The van der Waals surface area contributed by atoms with Crippen molar-refractivity contribution in [3.63, 3.8) is 0 Å². The highest BCUT2D eigenvalue weighted by molar-refractivity contribution is 7.55. The Morgan fingerprint density at radius 2 is 2.27 bits per heavy atom. The van der Waals surface area contributed by atoms with Crippen molar-refractivity contribution in [1.82, 2.24) is 0 Å². The first kappa shape index (κ1) is 8.68. The van der Waals surface area contributed by atoms with Crippen molar-refractivity contribution >= 4 is 25.0 Å². The first-order valence-electron chi connectivity index (χ1n) is 2.86. The maximum Gasteiger partial charge on any atom is 0.349 e. The molecular weight excluding hydrogens is 183 g/mol. The van der Waals surface area contributed by atoms with Crippen LogP contribution in [-0.2, 0) is 4.57 Å². The van der Waals surface area contributed by atoms with E-state index in [2.05, 4.69) is 0 Å². The van der Waals surface area contributed by atoms with E-state index in [4.69, 9.17) is 9.79 Å². The zero-order valence-electron chi connectivity index (χ0n) is 5.54. The lowest BCUT2D eigenvalue weighted by molar-refractivity contribution is 0.386. The standard InChI is InChI=1S/C6H7O3PS/c7-10(8,9)4-3-6-2-1-5-11-6/h1-5H,(H2,7,8,9). The molecule has 0 amide bonds. The Balaban J connectivity index is 2.71. The van der Waals surface area contributed by atoms with Gasteiger partial charge in [0.25, 0.3) is 0 Å². The van der Waals surface area contributed by atoms with Gasteiger partial charge in [0.2, 0.25) is 0 Å². The second-order valence-corrected chi connectivity index (χ2v) is 4.38. The molecule has 0 saturated heterocycles. The molecule has 0 bridgehead atoms. The lowest BCUT2D eigenvalue weighted by atomic mass is 10.5. The molecule has 1 aromatic heterocycles. The highest BCUT2D eigenvalue weighted by Crippen LogP contribution is 2.37. The first-order chi connectivity index (χ1) is 5.08. The fourth-order valence-corrected chi connectivity index (χ4v) is 1.63. The molecule has 1 heterocycles. The van der Waals surface area contributed by atoms with Gasteiger partial charge in [0.15, 0.2) is 0 Å². The van der Waals surface area contributed by atoms with Crippen LogP contribution in [0.4, 0.5) is 0 Å². The highest BCUT2D eigenvalue weighted by atomic mass is 32.1. The molecule has 60 valence electrons. The van der Waals surface area contributed by atoms with Crippen molar-refractivity contribution < 1.29 is 14.4 Å². The van der Waals surface area contributed by atoms with E-state index in [9.17, 15) is 4.57 Å². The van der Waals surface area contributed by atoms with Gasteiger partial charge in [0, 0.05) is 10.7 Å². The highest BCUT2D eigenvalue weighted by Gasteiger charge is 2.04. The zero-order valence-corrected chi connectivity index (χ0v) is 7.26. The molecule has 0 fully saturated rings. The van der Waals surface area contributed by atoms with Gasteiger partial charge in [-0.25, -0.2) is 0 Å². The minimum Gasteiger partial charge on any atom is -0.321 e. The Morgan fingerprint density at radius 3 is 2.73 bits per heavy atom. The summed E-state index contributed by atoms with van der Waals surface area (Å²) in [4.78, 5) is 17.7. The molecule has 2 N–H and O–H groups in total. The molecule has 0 saturated carbocycles. The van der Waals surface area contributed by atoms with Gasteiger partial charge in [0.05, 0.1) is 0 Å². The maximum absolute atomic E-state index is 10.3. The van der Waals surface area contributed by atoms with Gasteiger partial charge in [0.1, 0.15) is 0 Å². The third-order valence-electron chi connectivity index (χ3n) is 0.976. The average molecular weight is 190 g/mol. The number of rotatable bonds is 2. The summed E-state index contributed by atoms with van der Waals surface area (Å²) in [6.07, 6.45) is 1.42. The van der Waals surface area contributed by atoms with Gasteiger partial charge in [-0.3, -0.25) is 4.57 Å². The second-order valence-electron chi connectivity index (χ2n) is 1.92. The van der Waals surface area contributed by atoms with E-state index in [0.29, 0.717) is 0 Å². The Bertz CT molecular complexity index is 285. The smallest absolute Gasteiger partial charge is 0.321 e. The molecule has 0 radical (unpaired) electrons. The van der Waals surface area contributed by atoms with Crippen LogP contribution in [0, 0.1) is 0 Å². The first-order valence-corrected chi connectivity index (χ1v) is 5.42. The van der Waals surface area contributed by atoms with Crippen LogP contribution in [0.3, 0.4) is 0 Å². The van der Waals surface area contributed by atoms with Crippen LogP contribution in [0.1, 0.15) is 4.88 Å². The summed E-state index contributed by atoms with van der Waals surface area (Å²) in [5, 5.41) is 1.85. The summed E-state index contributed by atoms with van der Waals surface area (Å²) in [6, 6.07) is 3.61. The predicted molar refractivity (Wildman–Crippen MR) is 45.4 cm³/mol. The van der Waals surface area contributed by atoms with Crippen molar-refractivity contribution in [1.29, 1.82) is 0 Å². The minimum atomic E-state index is -3.98. The largest absolute Gasteiger partial charge is 0.349 e. The molecule has 0 unspecified atom stereocenters. The normalized spacial score (nSPS) is 12.5. The van der Waals surface area contributed by atoms with E-state index in [1.807, 2.05) is 11.4 Å². The summed E-state index contributed by atoms with van der Waals surface area (Å²) in [6.45, 7) is 0. The van der Waals surface area contributed by atoms with Crippen LogP contribution in [0.5, 0.6) is 0 Å². The van der Waals surface area contributed by atoms with E-state index in [1.54, 1.807) is 6.07 Å². The lowest BCUT2D eigenvalue weighted by Crippen LogP contribution is -1.67. The predicted octanol–water partition coefficient (Wildman–Crippen LogP) is 1.90. The SMILES string of the molecule is O=P(O)(O)C=Cc1cccs1. The van der Waals surface area contributed by atoms with E-state index >= 15 is 0 Å².